The maximum absolute atomic E-state index is 13.6. The third-order valence-electron chi connectivity index (χ3n) is 4.77. The molecule has 7 heteroatoms. The maximum Gasteiger partial charge on any atom is 0.351 e. The fourth-order valence-corrected chi connectivity index (χ4v) is 3.46. The highest BCUT2D eigenvalue weighted by Crippen LogP contribution is 2.22. The van der Waals surface area contributed by atoms with E-state index >= 15 is 0 Å². The quantitative estimate of drug-likeness (QED) is 0.469. The smallest absolute Gasteiger partial charge is 0.287 e. The van der Waals surface area contributed by atoms with Crippen LogP contribution in [-0.2, 0) is 6.54 Å². The molecule has 0 saturated heterocycles. The van der Waals surface area contributed by atoms with Crippen LogP contribution >= 0.6 is 0 Å². The Morgan fingerprint density at radius 3 is 2.41 bits per heavy atom. The van der Waals surface area contributed by atoms with Gasteiger partial charge in [-0.3, -0.25) is 4.57 Å². The highest BCUT2D eigenvalue weighted by Gasteiger charge is 2.16. The molecule has 142 valence electrons. The largest absolute Gasteiger partial charge is 0.351 e. The van der Waals surface area contributed by atoms with Gasteiger partial charge in [0.1, 0.15) is 11.6 Å². The molecule has 0 spiro atoms. The molecule has 0 N–H and O–H groups in total. The first kappa shape index (κ1) is 17.2. The first-order chi connectivity index (χ1) is 14.1. The van der Waals surface area contributed by atoms with Gasteiger partial charge < -0.3 is 0 Å². The summed E-state index contributed by atoms with van der Waals surface area (Å²) in [5.74, 6) is -0.514. The van der Waals surface area contributed by atoms with Gasteiger partial charge >= 0.3 is 5.69 Å². The SMILES string of the molecule is O=c1n(Cc2cccc(F)c2)c2ccccc2c2nc(-c3cccc(F)c3)nn12. The molecular weight excluding hydrogens is 374 g/mol. The van der Waals surface area contributed by atoms with E-state index in [2.05, 4.69) is 10.1 Å². The molecule has 0 radical (unpaired) electrons. The molecule has 0 amide bonds. The highest BCUT2D eigenvalue weighted by molar-refractivity contribution is 5.91. The van der Waals surface area contributed by atoms with Crippen molar-refractivity contribution >= 4 is 16.6 Å². The fourth-order valence-electron chi connectivity index (χ4n) is 3.46. The van der Waals surface area contributed by atoms with Crippen LogP contribution in [0.4, 0.5) is 8.78 Å². The highest BCUT2D eigenvalue weighted by atomic mass is 19.1. The van der Waals surface area contributed by atoms with E-state index in [1.54, 1.807) is 24.3 Å². The molecule has 5 nitrogen and oxygen atoms in total. The maximum atomic E-state index is 13.6. The lowest BCUT2D eigenvalue weighted by Gasteiger charge is -2.11. The van der Waals surface area contributed by atoms with Gasteiger partial charge in [0.05, 0.1) is 12.1 Å². The van der Waals surface area contributed by atoms with E-state index < -0.39 is 11.5 Å². The zero-order valence-corrected chi connectivity index (χ0v) is 15.1. The van der Waals surface area contributed by atoms with E-state index in [1.165, 1.54) is 33.3 Å². The van der Waals surface area contributed by atoms with Gasteiger partial charge in [-0.25, -0.2) is 18.6 Å². The second kappa shape index (κ2) is 6.63. The molecule has 0 aliphatic heterocycles. The standard InChI is InChI=1S/C22H14F2N4O/c23-16-7-3-5-14(11-16)13-27-19-10-2-1-9-18(19)21-25-20(26-28(21)22(27)29)15-6-4-8-17(24)12-15/h1-12H,13H2. The Morgan fingerprint density at radius 1 is 0.862 bits per heavy atom. The third-order valence-corrected chi connectivity index (χ3v) is 4.77. The number of fused-ring (bicyclic) bond motifs is 3. The number of aromatic nitrogens is 4. The van der Waals surface area contributed by atoms with Crippen molar-refractivity contribution in [2.75, 3.05) is 0 Å². The van der Waals surface area contributed by atoms with Crippen LogP contribution in [0.2, 0.25) is 0 Å². The first-order valence-corrected chi connectivity index (χ1v) is 8.99. The van der Waals surface area contributed by atoms with Gasteiger partial charge in [0.2, 0.25) is 0 Å². The van der Waals surface area contributed by atoms with E-state index in [1.807, 2.05) is 24.3 Å². The summed E-state index contributed by atoms with van der Waals surface area (Å²) in [5, 5.41) is 5.05. The Labute approximate surface area is 163 Å². The number of nitrogens with zero attached hydrogens (tertiary/aromatic N) is 4. The van der Waals surface area contributed by atoms with Crippen LogP contribution in [0.5, 0.6) is 0 Å². The van der Waals surface area contributed by atoms with Gasteiger partial charge in [-0.15, -0.1) is 5.10 Å². The van der Waals surface area contributed by atoms with Crippen molar-refractivity contribution in [3.63, 3.8) is 0 Å². The van der Waals surface area contributed by atoms with E-state index in [0.717, 1.165) is 5.39 Å². The van der Waals surface area contributed by atoms with Crippen LogP contribution in [0.25, 0.3) is 27.9 Å². The van der Waals surface area contributed by atoms with Gasteiger partial charge in [-0.05, 0) is 42.0 Å². The fraction of sp³-hybridized carbons (Fsp3) is 0.0455. The van der Waals surface area contributed by atoms with Crippen molar-refractivity contribution in [1.29, 1.82) is 0 Å². The summed E-state index contributed by atoms with van der Waals surface area (Å²) >= 11 is 0. The van der Waals surface area contributed by atoms with Gasteiger partial charge in [0, 0.05) is 10.9 Å². The number of para-hydroxylation sites is 1. The lowest BCUT2D eigenvalue weighted by Crippen LogP contribution is -2.28. The van der Waals surface area contributed by atoms with Crippen molar-refractivity contribution in [2.45, 2.75) is 6.54 Å². The number of hydrogen-bond donors (Lipinski definition) is 0. The lowest BCUT2D eigenvalue weighted by molar-refractivity contribution is 0.622. The van der Waals surface area contributed by atoms with Crippen LogP contribution < -0.4 is 5.69 Å². The molecule has 0 aliphatic rings. The molecule has 0 saturated carbocycles. The van der Waals surface area contributed by atoms with Gasteiger partial charge in [-0.2, -0.15) is 4.52 Å². The molecule has 0 bridgehead atoms. The number of benzene rings is 3. The van der Waals surface area contributed by atoms with Crippen LogP contribution in [-0.4, -0.2) is 19.2 Å². The monoisotopic (exact) mass is 388 g/mol. The van der Waals surface area contributed by atoms with Crippen LogP contribution in [0, 0.1) is 11.6 Å². The Bertz CT molecular complexity index is 1440. The molecule has 0 aliphatic carbocycles. The Balaban J connectivity index is 1.77. The number of hydrogen-bond acceptors (Lipinski definition) is 3. The van der Waals surface area contributed by atoms with Crippen LogP contribution in [0.3, 0.4) is 0 Å². The van der Waals surface area contributed by atoms with Crippen molar-refractivity contribution in [3.8, 4) is 11.4 Å². The molecule has 5 aromatic rings. The second-order valence-corrected chi connectivity index (χ2v) is 6.70. The van der Waals surface area contributed by atoms with Crippen molar-refractivity contribution in [2.24, 2.45) is 0 Å². The Morgan fingerprint density at radius 2 is 1.62 bits per heavy atom. The average molecular weight is 388 g/mol. The molecule has 0 unspecified atom stereocenters. The molecule has 2 heterocycles. The molecule has 3 aromatic carbocycles. The van der Waals surface area contributed by atoms with Crippen molar-refractivity contribution < 1.29 is 8.78 Å². The summed E-state index contributed by atoms with van der Waals surface area (Å²) in [6, 6.07) is 19.3. The zero-order valence-electron chi connectivity index (χ0n) is 15.1. The van der Waals surface area contributed by atoms with E-state index in [-0.39, 0.29) is 18.2 Å². The van der Waals surface area contributed by atoms with Crippen LogP contribution in [0.15, 0.2) is 77.6 Å². The molecule has 0 atom stereocenters. The number of rotatable bonds is 3. The number of halogens is 2. The molecule has 5 rings (SSSR count). The van der Waals surface area contributed by atoms with Crippen molar-refractivity contribution in [1.82, 2.24) is 19.2 Å². The normalized spacial score (nSPS) is 11.4. The summed E-state index contributed by atoms with van der Waals surface area (Å²) in [6.45, 7) is 0.183. The lowest BCUT2D eigenvalue weighted by atomic mass is 10.2. The topological polar surface area (TPSA) is 52.2 Å². The van der Waals surface area contributed by atoms with Gasteiger partial charge in [0.25, 0.3) is 0 Å². The second-order valence-electron chi connectivity index (χ2n) is 6.70. The summed E-state index contributed by atoms with van der Waals surface area (Å²) < 4.78 is 30.0. The zero-order chi connectivity index (χ0) is 20.0. The van der Waals surface area contributed by atoms with E-state index in [0.29, 0.717) is 22.3 Å². The van der Waals surface area contributed by atoms with Crippen LogP contribution in [0.1, 0.15) is 5.56 Å². The molecular formula is C22H14F2N4O. The molecule has 2 aromatic heterocycles. The van der Waals surface area contributed by atoms with E-state index in [4.69, 9.17) is 0 Å². The first-order valence-electron chi connectivity index (χ1n) is 8.99. The molecule has 0 fully saturated rings. The van der Waals surface area contributed by atoms with Crippen molar-refractivity contribution in [3.05, 3.63) is 100 Å². The predicted molar refractivity (Wildman–Crippen MR) is 106 cm³/mol. The third kappa shape index (κ3) is 2.97. The Hall–Kier alpha value is -3.87. The summed E-state index contributed by atoms with van der Waals surface area (Å²) in [5.41, 5.74) is 1.78. The molecule has 29 heavy (non-hydrogen) atoms. The minimum absolute atomic E-state index is 0.183. The minimum atomic E-state index is -0.408. The summed E-state index contributed by atoms with van der Waals surface area (Å²) in [4.78, 5) is 17.7. The summed E-state index contributed by atoms with van der Waals surface area (Å²) in [6.07, 6.45) is 0. The average Bonchev–Trinajstić information content (AvgIpc) is 3.17. The Kier molecular flexibility index (Phi) is 3.94. The van der Waals surface area contributed by atoms with E-state index in [9.17, 15) is 13.6 Å². The minimum Gasteiger partial charge on any atom is -0.287 e. The van der Waals surface area contributed by atoms with Gasteiger partial charge in [-0.1, -0.05) is 36.4 Å². The predicted octanol–water partition coefficient (Wildman–Crippen LogP) is 4.04. The van der Waals surface area contributed by atoms with Gasteiger partial charge in [0.15, 0.2) is 11.5 Å². The summed E-state index contributed by atoms with van der Waals surface area (Å²) in [7, 11) is 0.